The zero-order chi connectivity index (χ0) is 16.4. The number of nitrogens with one attached hydrogen (secondary N) is 1. The van der Waals surface area contributed by atoms with Crippen LogP contribution in [-0.2, 0) is 6.54 Å². The Labute approximate surface area is 136 Å². The molecular weight excluding hydrogens is 292 g/mol. The normalized spacial score (nSPS) is 15.8. The van der Waals surface area contributed by atoms with Gasteiger partial charge in [0.2, 0.25) is 5.95 Å². The van der Waals surface area contributed by atoms with Crippen LogP contribution in [0, 0.1) is 0 Å². The van der Waals surface area contributed by atoms with Crippen molar-refractivity contribution in [3.63, 3.8) is 0 Å². The minimum Gasteiger partial charge on any atom is -0.394 e. The molecule has 2 aromatic heterocycles. The number of aromatic nitrogens is 4. The van der Waals surface area contributed by atoms with Crippen LogP contribution >= 0.6 is 0 Å². The third-order valence-electron chi connectivity index (χ3n) is 4.39. The third-order valence-corrected chi connectivity index (χ3v) is 4.39. The van der Waals surface area contributed by atoms with Gasteiger partial charge >= 0.3 is 0 Å². The lowest BCUT2D eigenvalue weighted by Crippen LogP contribution is -2.26. The molecule has 1 saturated carbocycles. The number of hydrogen-bond donors (Lipinski definition) is 2. The lowest BCUT2D eigenvalue weighted by atomic mass is 10.2. The van der Waals surface area contributed by atoms with E-state index in [9.17, 15) is 5.11 Å². The molecule has 2 N–H and O–H groups in total. The molecule has 1 aliphatic rings. The first-order valence-corrected chi connectivity index (χ1v) is 8.51. The van der Waals surface area contributed by atoms with Crippen molar-refractivity contribution in [3.05, 3.63) is 6.33 Å². The van der Waals surface area contributed by atoms with Gasteiger partial charge in [-0.1, -0.05) is 13.8 Å². The van der Waals surface area contributed by atoms with Gasteiger partial charge in [0.25, 0.3) is 0 Å². The number of nitrogens with zero attached hydrogens (tertiary/aromatic N) is 5. The average Bonchev–Trinajstić information content (AvgIpc) is 3.34. The van der Waals surface area contributed by atoms with Crippen LogP contribution in [0.15, 0.2) is 6.33 Å². The zero-order valence-electron chi connectivity index (χ0n) is 14.2. The van der Waals surface area contributed by atoms with Gasteiger partial charge in [-0.15, -0.1) is 0 Å². The second kappa shape index (κ2) is 6.70. The summed E-state index contributed by atoms with van der Waals surface area (Å²) in [6.07, 6.45) is 6.10. The first-order chi connectivity index (χ1) is 11.2. The van der Waals surface area contributed by atoms with Crippen LogP contribution in [0.1, 0.15) is 39.5 Å². The van der Waals surface area contributed by atoms with Crippen molar-refractivity contribution in [3.8, 4) is 0 Å². The van der Waals surface area contributed by atoms with Crippen LogP contribution in [0.25, 0.3) is 11.2 Å². The summed E-state index contributed by atoms with van der Waals surface area (Å²) in [5.41, 5.74) is 1.72. The molecule has 1 aliphatic carbocycles. The highest BCUT2D eigenvalue weighted by atomic mass is 16.3. The van der Waals surface area contributed by atoms with Crippen molar-refractivity contribution in [2.24, 2.45) is 0 Å². The van der Waals surface area contributed by atoms with Crippen LogP contribution in [0.3, 0.4) is 0 Å². The lowest BCUT2D eigenvalue weighted by molar-refractivity contribution is 0.271. The molecule has 0 aromatic carbocycles. The second-order valence-corrected chi connectivity index (χ2v) is 6.26. The molecule has 7 heteroatoms. The Bertz CT molecular complexity index is 662. The quantitative estimate of drug-likeness (QED) is 0.775. The number of imidazole rings is 1. The Morgan fingerprint density at radius 3 is 2.78 bits per heavy atom. The van der Waals surface area contributed by atoms with Crippen LogP contribution in [-0.4, -0.2) is 50.4 Å². The van der Waals surface area contributed by atoms with Gasteiger partial charge in [0.1, 0.15) is 0 Å². The molecule has 0 unspecified atom stereocenters. The van der Waals surface area contributed by atoms with E-state index < -0.39 is 0 Å². The molecule has 0 saturated heterocycles. The molecule has 0 bridgehead atoms. The monoisotopic (exact) mass is 318 g/mol. The van der Waals surface area contributed by atoms with E-state index in [1.807, 2.05) is 13.3 Å². The fourth-order valence-corrected chi connectivity index (χ4v) is 2.74. The number of aryl methyl sites for hydroxylation is 1. The molecule has 2 aromatic rings. The molecule has 7 nitrogen and oxygen atoms in total. The van der Waals surface area contributed by atoms with E-state index in [-0.39, 0.29) is 12.6 Å². The molecule has 126 valence electrons. The number of aliphatic hydroxyl groups is 1. The Morgan fingerprint density at radius 1 is 1.39 bits per heavy atom. The van der Waals surface area contributed by atoms with E-state index in [1.165, 1.54) is 12.8 Å². The number of fused-ring (bicyclic) bond motifs is 1. The van der Waals surface area contributed by atoms with E-state index in [4.69, 9.17) is 0 Å². The number of aliphatic hydroxyl groups excluding tert-OH is 1. The summed E-state index contributed by atoms with van der Waals surface area (Å²) in [6, 6.07) is 0.520. The highest BCUT2D eigenvalue weighted by molar-refractivity contribution is 5.85. The number of anilines is 2. The summed E-state index contributed by atoms with van der Waals surface area (Å²) in [5.74, 6) is 1.45. The molecule has 1 fully saturated rings. The van der Waals surface area contributed by atoms with E-state index in [0.29, 0.717) is 12.0 Å². The molecule has 1 atom stereocenters. The molecule has 3 rings (SSSR count). The van der Waals surface area contributed by atoms with Gasteiger partial charge in [0.05, 0.1) is 19.0 Å². The molecule has 23 heavy (non-hydrogen) atoms. The first-order valence-electron chi connectivity index (χ1n) is 8.51. The second-order valence-electron chi connectivity index (χ2n) is 6.26. The number of rotatable bonds is 8. The van der Waals surface area contributed by atoms with E-state index in [0.717, 1.165) is 36.4 Å². The summed E-state index contributed by atoms with van der Waals surface area (Å²) >= 11 is 0. The maximum absolute atomic E-state index is 9.43. The van der Waals surface area contributed by atoms with Crippen LogP contribution in [0.4, 0.5) is 11.8 Å². The fourth-order valence-electron chi connectivity index (χ4n) is 2.74. The van der Waals surface area contributed by atoms with Gasteiger partial charge in [0, 0.05) is 19.6 Å². The smallest absolute Gasteiger partial charge is 0.227 e. The van der Waals surface area contributed by atoms with Gasteiger partial charge in [-0.25, -0.2) is 4.98 Å². The van der Waals surface area contributed by atoms with Gasteiger partial charge in [0.15, 0.2) is 17.0 Å². The minimum atomic E-state index is -0.0333. The van der Waals surface area contributed by atoms with E-state index in [1.54, 1.807) is 0 Å². The van der Waals surface area contributed by atoms with Crippen molar-refractivity contribution >= 4 is 22.9 Å². The fraction of sp³-hybridized carbons (Fsp3) is 0.688. The highest BCUT2D eigenvalue weighted by Gasteiger charge is 2.29. The Kier molecular flexibility index (Phi) is 4.66. The zero-order valence-corrected chi connectivity index (χ0v) is 14.2. The van der Waals surface area contributed by atoms with E-state index >= 15 is 0 Å². The number of hydrogen-bond acceptors (Lipinski definition) is 6. The van der Waals surface area contributed by atoms with Crippen LogP contribution in [0.5, 0.6) is 0 Å². The summed E-state index contributed by atoms with van der Waals surface area (Å²) in [5, 5.41) is 12.7. The standard InChI is InChI=1S/C16H26N6O/c1-4-8-22-10-17-13-14(21(3)12-6-7-12)19-16(20-15(13)22)18-11(5-2)9-23/h10-12,23H,4-9H2,1-3H3,(H,18,19,20)/t11-/m1/s1. The summed E-state index contributed by atoms with van der Waals surface area (Å²) in [6.45, 7) is 5.13. The largest absolute Gasteiger partial charge is 0.394 e. The molecule has 0 radical (unpaired) electrons. The van der Waals surface area contributed by atoms with Crippen molar-refractivity contribution < 1.29 is 5.11 Å². The maximum atomic E-state index is 9.43. The van der Waals surface area contributed by atoms with Crippen molar-refractivity contribution in [1.29, 1.82) is 0 Å². The summed E-state index contributed by atoms with van der Waals surface area (Å²) < 4.78 is 2.08. The first kappa shape index (κ1) is 16.0. The molecule has 0 aliphatic heterocycles. The Morgan fingerprint density at radius 2 is 2.17 bits per heavy atom. The van der Waals surface area contributed by atoms with Gasteiger partial charge in [-0.2, -0.15) is 9.97 Å². The lowest BCUT2D eigenvalue weighted by Gasteiger charge is -2.20. The Balaban J connectivity index is 2.03. The van der Waals surface area contributed by atoms with Crippen molar-refractivity contribution in [2.45, 2.75) is 58.2 Å². The van der Waals surface area contributed by atoms with Crippen LogP contribution < -0.4 is 10.2 Å². The maximum Gasteiger partial charge on any atom is 0.227 e. The molecule has 2 heterocycles. The minimum absolute atomic E-state index is 0.0333. The average molecular weight is 318 g/mol. The van der Waals surface area contributed by atoms with Gasteiger partial charge < -0.3 is 19.9 Å². The van der Waals surface area contributed by atoms with Gasteiger partial charge in [-0.3, -0.25) is 0 Å². The van der Waals surface area contributed by atoms with Crippen molar-refractivity contribution in [2.75, 3.05) is 23.9 Å². The van der Waals surface area contributed by atoms with E-state index in [2.05, 4.69) is 43.7 Å². The molecule has 0 spiro atoms. The molecule has 0 amide bonds. The Hall–Kier alpha value is -1.89. The SMILES string of the molecule is CCCn1cnc2c(N(C)C3CC3)nc(N[C@H](CC)CO)nc21. The van der Waals surface area contributed by atoms with Gasteiger partial charge in [-0.05, 0) is 25.7 Å². The van der Waals surface area contributed by atoms with Crippen LogP contribution in [0.2, 0.25) is 0 Å². The van der Waals surface area contributed by atoms with Crippen molar-refractivity contribution in [1.82, 2.24) is 19.5 Å². The highest BCUT2D eigenvalue weighted by Crippen LogP contribution is 2.33. The summed E-state index contributed by atoms with van der Waals surface area (Å²) in [4.78, 5) is 16.1. The molecular formula is C16H26N6O. The predicted octanol–water partition coefficient (Wildman–Crippen LogP) is 2.02. The third kappa shape index (κ3) is 3.24. The predicted molar refractivity (Wildman–Crippen MR) is 91.8 cm³/mol. The topological polar surface area (TPSA) is 79.1 Å². The summed E-state index contributed by atoms with van der Waals surface area (Å²) in [7, 11) is 2.07.